The second kappa shape index (κ2) is 47.3. The van der Waals surface area contributed by atoms with Gasteiger partial charge in [0.25, 0.3) is 0 Å². The molecule has 1 aliphatic heterocycles. The predicted octanol–water partition coefficient (Wildman–Crippen LogP) is -9.49. The summed E-state index contributed by atoms with van der Waals surface area (Å²) in [6.07, 6.45) is -3.03. The molecule has 0 bridgehead atoms. The maximum Gasteiger partial charge on any atom is 0.327 e. The van der Waals surface area contributed by atoms with Gasteiger partial charge in [0.05, 0.1) is 44.4 Å². The monoisotopic (exact) mass is 1580 g/mol. The number of aromatic hydroxyl groups is 1. The van der Waals surface area contributed by atoms with Crippen LogP contribution < -0.4 is 90.4 Å². The van der Waals surface area contributed by atoms with E-state index in [0.29, 0.717) is 18.5 Å². The molecular weight excluding hydrogens is 1480 g/mol. The first-order valence-electron chi connectivity index (χ1n) is 33.3. The zero-order valence-corrected chi connectivity index (χ0v) is 62.6. The van der Waals surface area contributed by atoms with E-state index in [1.165, 1.54) is 52.0 Å². The molecule has 592 valence electrons. The van der Waals surface area contributed by atoms with E-state index in [9.17, 15) is 107 Å². The molecule has 1 aromatic carbocycles. The number of amides is 16. The van der Waals surface area contributed by atoms with Crippen molar-refractivity contribution >= 4 is 157 Å². The van der Waals surface area contributed by atoms with Crippen molar-refractivity contribution in [3.8, 4) is 5.75 Å². The minimum atomic E-state index is -1.69. The Morgan fingerprint density at radius 2 is 0.821 bits per heavy atom. The third-order valence-electron chi connectivity index (χ3n) is 15.9. The van der Waals surface area contributed by atoms with Crippen LogP contribution in [0.4, 0.5) is 0 Å². The van der Waals surface area contributed by atoms with Crippen LogP contribution in [0.25, 0.3) is 0 Å². The highest BCUT2D eigenvalue weighted by Gasteiger charge is 2.37. The van der Waals surface area contributed by atoms with Crippen molar-refractivity contribution in [3.63, 3.8) is 0 Å². The summed E-state index contributed by atoms with van der Waals surface area (Å²) in [5.41, 5.74) is 0.389. The molecular formula is C62H97N17O23S4. The molecule has 0 aromatic heterocycles. The molecule has 0 spiro atoms. The highest BCUT2D eigenvalue weighted by molar-refractivity contribution is 7.80. The summed E-state index contributed by atoms with van der Waals surface area (Å²) < 4.78 is 0. The summed E-state index contributed by atoms with van der Waals surface area (Å²) in [6.45, 7) is 6.87. The predicted molar refractivity (Wildman–Crippen MR) is 388 cm³/mol. The number of carbonyl (C=O) groups excluding carboxylic acids is 16. The van der Waals surface area contributed by atoms with Crippen LogP contribution >= 0.6 is 50.5 Å². The number of carbonyl (C=O) groups is 18. The smallest absolute Gasteiger partial charge is 0.327 e. The maximum atomic E-state index is 13.9. The van der Waals surface area contributed by atoms with Gasteiger partial charge < -0.3 is 116 Å². The molecule has 106 heavy (non-hydrogen) atoms. The van der Waals surface area contributed by atoms with Crippen molar-refractivity contribution in [2.24, 2.45) is 5.92 Å². The van der Waals surface area contributed by atoms with E-state index in [0.717, 1.165) is 13.3 Å². The van der Waals surface area contributed by atoms with Gasteiger partial charge in [0.1, 0.15) is 78.3 Å². The van der Waals surface area contributed by atoms with E-state index < -0.39 is 248 Å². The van der Waals surface area contributed by atoms with Crippen molar-refractivity contribution in [3.05, 3.63) is 29.8 Å². The van der Waals surface area contributed by atoms with E-state index in [4.69, 9.17) is 5.11 Å². The lowest BCUT2D eigenvalue weighted by Gasteiger charge is -2.28. The minimum absolute atomic E-state index is 0.143. The number of carboxylic acids is 2. The van der Waals surface area contributed by atoms with Crippen LogP contribution in [0.3, 0.4) is 0 Å². The summed E-state index contributed by atoms with van der Waals surface area (Å²) >= 11 is 16.2. The fourth-order valence-corrected chi connectivity index (χ4v) is 10.4. The van der Waals surface area contributed by atoms with E-state index in [-0.39, 0.29) is 35.8 Å². The number of thiol groups is 4. The minimum Gasteiger partial charge on any atom is -0.508 e. The Labute approximate surface area is 631 Å². The van der Waals surface area contributed by atoms with Gasteiger partial charge in [0.15, 0.2) is 0 Å². The molecule has 0 radical (unpaired) electrons. The number of nitrogens with one attached hydrogen (secondary N) is 17. The molecule has 0 aliphatic carbocycles. The lowest BCUT2D eigenvalue weighted by molar-refractivity contribution is -0.141. The molecule has 1 aliphatic rings. The molecule has 1 aromatic rings. The normalized spacial score (nSPS) is 16.6. The second-order valence-corrected chi connectivity index (χ2v) is 26.0. The Balaban J connectivity index is 2.07. The molecule has 44 heteroatoms. The standard InChI is InChI=1S/C62H97N17O23S4/c1-8-27(2)47(78-55(94)36(15-16-46(87)88)73-57(96)39(24-104)76-61(100)49(32(7)81)77-45(86)22-64-53(92)35-10-9-17-63-35)59(98)66-20-43(84)71-38(23-103)56(95)70-30(5)51(90)74-37(18-33-11-13-34(82)14-12-33)54(93)65-19-42(83)68-28(3)50(89)69-29(4)52(91)75-40(25-105)58(97)79-48(31(6)80)60(99)67-21-44(85)72-41(26-106)62(101)102/h11-14,27-32,35-41,47-49,63,80-82,103-106H,8-10,15-26H2,1-7H3,(H,64,92)(H,65,93)(H,66,98)(H,67,99)(H,68,83)(H,69,89)(H,70,95)(H,71,84)(H,72,85)(H,73,96)(H,74,90)(H,75,91)(H,76,100)(H,77,86)(H,78,94)(H,79,97)(H,87,88)(H,101,102)/t27-,28-,29-,30-,31+,32+,35-,36-,37-,38-,39-,40-,41-,47-,48-,49-/m0/s1. The highest BCUT2D eigenvalue weighted by atomic mass is 32.1. The van der Waals surface area contributed by atoms with Crippen LogP contribution in [0, 0.1) is 5.92 Å². The van der Waals surface area contributed by atoms with Gasteiger partial charge in [0.2, 0.25) is 94.5 Å². The molecule has 16 atom stereocenters. The van der Waals surface area contributed by atoms with E-state index in [1.807, 2.05) is 0 Å². The Morgan fingerprint density at radius 3 is 1.31 bits per heavy atom. The van der Waals surface area contributed by atoms with Crippen LogP contribution in [0.5, 0.6) is 5.75 Å². The lowest BCUT2D eigenvalue weighted by atomic mass is 9.97. The van der Waals surface area contributed by atoms with Crippen LogP contribution in [0.2, 0.25) is 0 Å². The number of hydrogen-bond donors (Lipinski definition) is 26. The Hall–Kier alpha value is -9.24. The van der Waals surface area contributed by atoms with Crippen molar-refractivity contribution in [1.82, 2.24) is 90.4 Å². The fraction of sp³-hybridized carbons (Fsp3) is 0.613. The quantitative estimate of drug-likeness (QED) is 0.0270. The van der Waals surface area contributed by atoms with Crippen LogP contribution in [-0.4, -0.2) is 278 Å². The molecule has 2 rings (SSSR count). The summed E-state index contributed by atoms with van der Waals surface area (Å²) in [5, 5.41) is 89.2. The van der Waals surface area contributed by atoms with E-state index in [1.54, 1.807) is 13.8 Å². The molecule has 1 heterocycles. The molecule has 1 fully saturated rings. The van der Waals surface area contributed by atoms with Crippen molar-refractivity contribution in [2.45, 2.75) is 178 Å². The number of phenolic OH excluding ortho intramolecular Hbond substituents is 1. The summed E-state index contributed by atoms with van der Waals surface area (Å²) in [6, 6.07) is -13.1. The van der Waals surface area contributed by atoms with Gasteiger partial charge in [-0.15, -0.1) is 0 Å². The molecule has 40 nitrogen and oxygen atoms in total. The van der Waals surface area contributed by atoms with Crippen molar-refractivity contribution in [2.75, 3.05) is 55.7 Å². The first-order chi connectivity index (χ1) is 49.8. The first-order valence-corrected chi connectivity index (χ1v) is 35.8. The zero-order chi connectivity index (χ0) is 80.2. The molecule has 1 saturated heterocycles. The number of hydrogen-bond acceptors (Lipinski definition) is 26. The number of carboxylic acid groups (broad SMARTS) is 2. The third-order valence-corrected chi connectivity index (χ3v) is 17.3. The summed E-state index contributed by atoms with van der Waals surface area (Å²) in [4.78, 5) is 234. The van der Waals surface area contributed by atoms with Gasteiger partial charge in [-0.2, -0.15) is 50.5 Å². The largest absolute Gasteiger partial charge is 0.508 e. The molecule has 0 unspecified atom stereocenters. The number of benzene rings is 1. The summed E-state index contributed by atoms with van der Waals surface area (Å²) in [7, 11) is 0. The highest BCUT2D eigenvalue weighted by Crippen LogP contribution is 2.14. The van der Waals surface area contributed by atoms with Crippen molar-refractivity contribution in [1.29, 1.82) is 0 Å². The van der Waals surface area contributed by atoms with Gasteiger partial charge in [-0.25, -0.2) is 4.79 Å². The SMILES string of the molecule is CC[C@H](C)[C@H](NC(=O)[C@H](CCC(=O)O)NC(=O)[C@H](CS)NC(=O)[C@@H](NC(=O)CNC(=O)[C@@H]1CCCN1)[C@@H](C)O)C(=O)NCC(=O)N[C@@H](CS)C(=O)N[C@@H](C)C(=O)N[C@@H](Cc1ccc(O)cc1)C(=O)NCC(=O)N[C@@H](C)C(=O)N[C@@H](C)C(=O)N[C@@H](CS)C(=O)N[C@H](C(=O)NCC(=O)N[C@@H](CS)C(=O)O)[C@@H](C)O. The molecule has 0 saturated carbocycles. The number of aliphatic carboxylic acids is 2. The maximum absolute atomic E-state index is 13.9. The Kier molecular flexibility index (Phi) is 41.5. The van der Waals surface area contributed by atoms with Gasteiger partial charge in [0, 0.05) is 35.9 Å². The van der Waals surface area contributed by atoms with Crippen LogP contribution in [0.1, 0.15) is 86.1 Å². The molecule has 16 amide bonds. The number of aliphatic hydroxyl groups excluding tert-OH is 2. The second-order valence-electron chi connectivity index (χ2n) is 24.5. The van der Waals surface area contributed by atoms with E-state index in [2.05, 4.69) is 141 Å². The molecule has 22 N–H and O–H groups in total. The number of phenols is 1. The lowest BCUT2D eigenvalue weighted by Crippen LogP contribution is -2.61. The average Bonchev–Trinajstić information content (AvgIpc) is 1.06. The topological polar surface area (TPSA) is 613 Å². The van der Waals surface area contributed by atoms with Crippen LogP contribution in [0.15, 0.2) is 24.3 Å². The Bertz CT molecular complexity index is 3280. The number of aliphatic hydroxyl groups is 2. The van der Waals surface area contributed by atoms with Crippen LogP contribution in [-0.2, 0) is 92.7 Å². The third kappa shape index (κ3) is 33.1. The van der Waals surface area contributed by atoms with Gasteiger partial charge in [-0.3, -0.25) is 81.5 Å². The average molecular weight is 1580 g/mol. The fourth-order valence-electron chi connectivity index (χ4n) is 9.43. The zero-order valence-electron chi connectivity index (χ0n) is 59.0. The van der Waals surface area contributed by atoms with Gasteiger partial charge in [-0.05, 0) is 84.0 Å². The van der Waals surface area contributed by atoms with Crippen molar-refractivity contribution < 1.29 is 112 Å². The first kappa shape index (κ1) is 92.8. The summed E-state index contributed by atoms with van der Waals surface area (Å²) in [5.74, 6) is -20.2. The Morgan fingerprint density at radius 1 is 0.434 bits per heavy atom. The van der Waals surface area contributed by atoms with E-state index >= 15 is 0 Å². The van der Waals surface area contributed by atoms with Gasteiger partial charge in [-0.1, -0.05) is 32.4 Å². The van der Waals surface area contributed by atoms with Gasteiger partial charge >= 0.3 is 11.9 Å². The number of rotatable bonds is 46.